The van der Waals surface area contributed by atoms with Crippen LogP contribution in [0.25, 0.3) is 98.5 Å². The smallest absolute Gasteiger partial charge is 0.261 e. The predicted molar refractivity (Wildman–Crippen MR) is 600 cm³/mol. The molecule has 1 aliphatic heterocycles. The van der Waals surface area contributed by atoms with Crippen molar-refractivity contribution in [1.29, 1.82) is 0 Å². The van der Waals surface area contributed by atoms with Gasteiger partial charge in [-0.2, -0.15) is 0 Å². The van der Waals surface area contributed by atoms with Gasteiger partial charge < -0.3 is 74.0 Å². The van der Waals surface area contributed by atoms with Crippen LogP contribution in [0, 0.1) is 19.7 Å². The molecule has 1 saturated heterocycles. The number of pyridine rings is 15. The van der Waals surface area contributed by atoms with Gasteiger partial charge in [0.25, 0.3) is 27.8 Å². The van der Waals surface area contributed by atoms with E-state index in [0.717, 1.165) is 156 Å². The lowest BCUT2D eigenvalue weighted by Crippen LogP contribution is -2.30. The summed E-state index contributed by atoms with van der Waals surface area (Å²) in [4.78, 5) is 119. The summed E-state index contributed by atoms with van der Waals surface area (Å²) in [5.74, 6) is 6.70. The molecule has 0 radical (unpaired) electrons. The van der Waals surface area contributed by atoms with Crippen molar-refractivity contribution < 1.29 is 13.9 Å². The molecule has 19 aromatic rings. The Balaban J connectivity index is 0.000000134. The molecule has 6 N–H and O–H groups in total. The molecule has 17 heterocycles. The number of ether oxygens (including phenoxy) is 2. The first-order chi connectivity index (χ1) is 72.2. The average Bonchev–Trinajstić information content (AvgIpc) is 1.10. The molecule has 16 aromatic heterocycles. The van der Waals surface area contributed by atoms with Crippen molar-refractivity contribution >= 4 is 141 Å². The summed E-state index contributed by atoms with van der Waals surface area (Å²) in [6.07, 6.45) is 20.5. The standard InChI is InChI=1S/C30H35N5O3.C25H28N6O.C21H16ClFN4O.C20H24N4O.C19H17N5OS/c1-3-34(4-2)14-17-38-25-10-11-28(32-21-25)33-29-19-27-23(20-31-29)18-26(22-8-6-5-7-9-22)30(36)35(27)24-12-15-37-16-13-24;1-4-31-22-15-24(29-23-11-10-20(17-28-23)26-12-13-30(2)3)27-16-19(22)14-21(25(31)32)18-8-6-5-7-9-18;1-2-27-18-10-20(26-19-8-7-14(23)12-25-19)24-11-13(18)9-16(21(27)28)15-5-3-4-6-17(15)22;1-6-24-16-10-18(23-17-8-7-13(2)11-21-17)22-12-14(16)9-15(19(24)25)20(3,4)5;1-3-24-15-9-17(23-16-5-4-12(2)10-21-16)22-11-13(15)8-14(19(24)25)18-20-6-7-26-18/h5-11,18-21,24H,3-4,12-17H2,1-2H3,(H,31,32,33);5-11,14-17,26H,4,12-13H2,1-3H3,(H,27,28,29);3-12H,2H2,1H3,(H,24,25,26);7-12H,6H2,1-5H3,(H,21,22,23);4-11H,3H2,1-2H3,(H,21,22,23). The Bertz CT molecular complexity index is 8180. The van der Waals surface area contributed by atoms with Gasteiger partial charge in [0, 0.05) is 210 Å². The van der Waals surface area contributed by atoms with Gasteiger partial charge in [-0.15, -0.1) is 11.3 Å². The van der Waals surface area contributed by atoms with Gasteiger partial charge in [0.15, 0.2) is 0 Å². The van der Waals surface area contributed by atoms with Gasteiger partial charge in [-0.3, -0.25) is 24.0 Å². The van der Waals surface area contributed by atoms with Gasteiger partial charge in [-0.1, -0.05) is 137 Å². The second kappa shape index (κ2) is 49.2. The molecule has 0 spiro atoms. The number of nitrogens with zero attached hydrogens (tertiary/aromatic N) is 18. The van der Waals surface area contributed by atoms with Crippen LogP contribution in [0.3, 0.4) is 0 Å². The zero-order chi connectivity index (χ0) is 105. The molecule has 762 valence electrons. The van der Waals surface area contributed by atoms with Gasteiger partial charge in [-0.25, -0.2) is 59.2 Å². The molecule has 31 nitrogen and oxygen atoms in total. The molecule has 0 bridgehead atoms. The SMILES string of the molecule is CCN(CC)CCOc1ccc(Nc2cc3c(cn2)cc(-c2ccccc2)c(=O)n3C2CCOCC2)nc1.CCn1c(=O)c(-c2ccccc2)cc2cnc(Nc3ccc(NCCN(C)C)cn3)cc21.CCn1c(=O)c(-c2ccccc2Cl)cc2cnc(Nc3ccc(F)cn3)cc21.CCn1c(=O)c(-c2nccs2)cc2cnc(Nc3ccc(C)cn3)cc21.CCn1c(=O)c(C(C)(C)C)cc2cnc(Nc3ccc(C)cn3)cc21. The number of hydrogen-bond acceptors (Lipinski definition) is 27. The first-order valence-corrected chi connectivity index (χ1v) is 51.0. The minimum absolute atomic E-state index is 0.00498. The lowest BCUT2D eigenvalue weighted by atomic mass is 9.87. The summed E-state index contributed by atoms with van der Waals surface area (Å²) in [7, 11) is 4.09. The van der Waals surface area contributed by atoms with Crippen LogP contribution >= 0.6 is 22.9 Å². The van der Waals surface area contributed by atoms with Gasteiger partial charge in [-0.05, 0) is 194 Å². The van der Waals surface area contributed by atoms with E-state index in [1.165, 1.54) is 23.5 Å². The average molecular weight is 2040 g/mol. The summed E-state index contributed by atoms with van der Waals surface area (Å²) in [6.45, 7) is 31.2. The van der Waals surface area contributed by atoms with E-state index in [1.807, 2.05) is 258 Å². The first kappa shape index (κ1) is 105. The number of hydrogen-bond donors (Lipinski definition) is 6. The molecule has 0 saturated carbocycles. The van der Waals surface area contributed by atoms with Crippen molar-refractivity contribution in [3.8, 4) is 49.7 Å². The maximum Gasteiger partial charge on any atom is 0.261 e. The molecule has 1 fully saturated rings. The van der Waals surface area contributed by atoms with Crippen LogP contribution in [-0.4, -0.2) is 154 Å². The van der Waals surface area contributed by atoms with Crippen LogP contribution in [0.1, 0.15) is 97.9 Å². The zero-order valence-corrected chi connectivity index (χ0v) is 87.2. The number of aromatic nitrogens is 16. The summed E-state index contributed by atoms with van der Waals surface area (Å²) >= 11 is 7.76. The number of rotatable bonds is 29. The van der Waals surface area contributed by atoms with Crippen molar-refractivity contribution in [3.63, 3.8) is 0 Å². The Morgan fingerprint density at radius 3 is 1.26 bits per heavy atom. The topological polar surface area (TPSA) is 349 Å². The summed E-state index contributed by atoms with van der Waals surface area (Å²) in [6, 6.07) is 64.1. The van der Waals surface area contributed by atoms with E-state index < -0.39 is 5.82 Å². The third-order valence-corrected chi connectivity index (χ3v) is 26.4. The monoisotopic (exact) mass is 2030 g/mol. The number of aryl methyl sites for hydroxylation is 6. The number of benzene rings is 3. The molecule has 1 aliphatic rings. The largest absolute Gasteiger partial charge is 0.491 e. The molecule has 20 rings (SSSR count). The molecule has 34 heteroatoms. The number of likely N-dealkylation sites (N-methyl/N-ethyl adjacent to an activating group) is 2. The van der Waals surface area contributed by atoms with Gasteiger partial charge in [0.2, 0.25) is 0 Å². The maximum atomic E-state index is 13.8. The van der Waals surface area contributed by atoms with Crippen LogP contribution in [0.5, 0.6) is 5.75 Å². The summed E-state index contributed by atoms with van der Waals surface area (Å²) in [5, 5.41) is 26.9. The minimum Gasteiger partial charge on any atom is -0.491 e. The molecule has 0 amide bonds. The number of halogens is 2. The van der Waals surface area contributed by atoms with E-state index >= 15 is 0 Å². The van der Waals surface area contributed by atoms with E-state index in [9.17, 15) is 28.4 Å². The van der Waals surface area contributed by atoms with Crippen LogP contribution in [0.15, 0.2) is 304 Å². The van der Waals surface area contributed by atoms with Gasteiger partial charge in [0.1, 0.15) is 81.4 Å². The highest BCUT2D eigenvalue weighted by Crippen LogP contribution is 2.35. The molecule has 0 atom stereocenters. The lowest BCUT2D eigenvalue weighted by Gasteiger charge is -2.26. The van der Waals surface area contributed by atoms with Crippen LogP contribution in [0.2, 0.25) is 5.02 Å². The van der Waals surface area contributed by atoms with Crippen LogP contribution < -0.4 is 64.4 Å². The van der Waals surface area contributed by atoms with E-state index in [4.69, 9.17) is 21.1 Å². The zero-order valence-electron chi connectivity index (χ0n) is 85.6. The highest BCUT2D eigenvalue weighted by atomic mass is 35.5. The van der Waals surface area contributed by atoms with Crippen molar-refractivity contribution in [1.82, 2.24) is 87.5 Å². The number of nitrogens with one attached hydrogen (secondary N) is 6. The molecule has 149 heavy (non-hydrogen) atoms. The van der Waals surface area contributed by atoms with E-state index in [2.05, 4.69) is 131 Å². The second-order valence-corrected chi connectivity index (χ2v) is 38.1. The van der Waals surface area contributed by atoms with Crippen molar-refractivity contribution in [3.05, 3.63) is 359 Å². The highest BCUT2D eigenvalue weighted by molar-refractivity contribution is 7.13. The van der Waals surface area contributed by atoms with E-state index in [0.29, 0.717) is 131 Å². The normalized spacial score (nSPS) is 12.0. The van der Waals surface area contributed by atoms with Gasteiger partial charge >= 0.3 is 0 Å². The maximum absolute atomic E-state index is 13.8. The fourth-order valence-electron chi connectivity index (χ4n) is 17.4. The molecule has 0 aliphatic carbocycles. The molecule has 3 aromatic carbocycles. The first-order valence-electron chi connectivity index (χ1n) is 49.7. The quantitative estimate of drug-likeness (QED) is 0.0254. The summed E-state index contributed by atoms with van der Waals surface area (Å²) < 4.78 is 33.4. The van der Waals surface area contributed by atoms with Crippen molar-refractivity contribution in [2.24, 2.45) is 0 Å². The Hall–Kier alpha value is -16.5. The Labute approximate surface area is 871 Å². The number of anilines is 11. The fraction of sp³-hybridized carbons (Fsp3) is 0.252. The van der Waals surface area contributed by atoms with Crippen LogP contribution in [-0.2, 0) is 36.3 Å². The molecular weight excluding hydrogens is 1920 g/mol. The minimum atomic E-state index is -0.413. The van der Waals surface area contributed by atoms with Gasteiger partial charge in [0.05, 0.1) is 57.4 Å². The predicted octanol–water partition coefficient (Wildman–Crippen LogP) is 22.6. The Morgan fingerprint density at radius 2 is 0.826 bits per heavy atom. The fourth-order valence-corrected chi connectivity index (χ4v) is 18.2. The van der Waals surface area contributed by atoms with E-state index in [-0.39, 0.29) is 39.3 Å². The summed E-state index contributed by atoms with van der Waals surface area (Å²) in [5.41, 5.74) is 12.8. The van der Waals surface area contributed by atoms with Crippen LogP contribution in [0.4, 0.5) is 68.3 Å². The molecule has 0 unspecified atom stereocenters. The van der Waals surface area contributed by atoms with E-state index in [1.54, 1.807) is 81.5 Å². The number of thiazole rings is 1. The highest BCUT2D eigenvalue weighted by Gasteiger charge is 2.26. The third-order valence-electron chi connectivity index (χ3n) is 25.2. The molecular formula is C115H120ClFN24O7S. The second-order valence-electron chi connectivity index (χ2n) is 36.8. The Kier molecular flexibility index (Phi) is 34.8. The Morgan fingerprint density at radius 1 is 0.416 bits per heavy atom. The van der Waals surface area contributed by atoms with Crippen molar-refractivity contribution in [2.45, 2.75) is 127 Å². The lowest BCUT2D eigenvalue weighted by molar-refractivity contribution is 0.0699. The number of fused-ring (bicyclic) bond motifs is 5. The third kappa shape index (κ3) is 26.1. The van der Waals surface area contributed by atoms with Crippen molar-refractivity contribution in [2.75, 3.05) is 98.5 Å².